The van der Waals surface area contributed by atoms with Crippen molar-refractivity contribution in [3.63, 3.8) is 0 Å². The maximum absolute atomic E-state index is 13.6. The van der Waals surface area contributed by atoms with Gasteiger partial charge in [0.1, 0.15) is 23.7 Å². The SMILES string of the molecule is Cc1c(SNC(C)OC(F)(F)F)c2n(c1C(=O)Nc1cc(F)nc(C#N)c1)CCCCC2. The molecule has 0 bridgehead atoms. The number of fused-ring (bicyclic) bond motifs is 1. The van der Waals surface area contributed by atoms with Gasteiger partial charge in [-0.3, -0.25) is 9.53 Å². The second kappa shape index (κ2) is 9.89. The fourth-order valence-corrected chi connectivity index (χ4v) is 4.54. The van der Waals surface area contributed by atoms with Crippen LogP contribution >= 0.6 is 11.9 Å². The molecule has 0 spiro atoms. The average Bonchev–Trinajstić information content (AvgIpc) is 2.81. The Hall–Kier alpha value is -2.62. The molecule has 1 aliphatic rings. The molecule has 7 nitrogen and oxygen atoms in total. The summed E-state index contributed by atoms with van der Waals surface area (Å²) < 4.78 is 59.5. The third-order valence-corrected chi connectivity index (χ3v) is 6.06. The number of carbonyl (C=O) groups excluding carboxylic acids is 1. The van der Waals surface area contributed by atoms with E-state index < -0.39 is 24.4 Å². The number of ether oxygens (including phenoxy) is 1. The largest absolute Gasteiger partial charge is 0.524 e. The van der Waals surface area contributed by atoms with E-state index in [2.05, 4.69) is 19.8 Å². The summed E-state index contributed by atoms with van der Waals surface area (Å²) in [5.74, 6) is -1.41. The van der Waals surface area contributed by atoms with Crippen molar-refractivity contribution in [2.75, 3.05) is 5.32 Å². The number of anilines is 1. The predicted molar refractivity (Wildman–Crippen MR) is 109 cm³/mol. The minimum Gasteiger partial charge on any atom is -0.339 e. The van der Waals surface area contributed by atoms with Crippen LogP contribution in [0.3, 0.4) is 0 Å². The quantitative estimate of drug-likeness (QED) is 0.276. The number of rotatable bonds is 6. The molecule has 0 saturated heterocycles. The molecule has 172 valence electrons. The van der Waals surface area contributed by atoms with Crippen molar-refractivity contribution >= 4 is 23.5 Å². The number of aromatic nitrogens is 2. The first-order valence-corrected chi connectivity index (χ1v) is 10.7. The molecule has 0 aromatic carbocycles. The monoisotopic (exact) mass is 471 g/mol. The Kier molecular flexibility index (Phi) is 7.43. The number of pyridine rings is 1. The lowest BCUT2D eigenvalue weighted by Gasteiger charge is -2.16. The van der Waals surface area contributed by atoms with Crippen molar-refractivity contribution in [1.82, 2.24) is 14.3 Å². The summed E-state index contributed by atoms with van der Waals surface area (Å²) in [6.07, 6.45) is -2.74. The second-order valence-electron chi connectivity index (χ2n) is 7.27. The highest BCUT2D eigenvalue weighted by Crippen LogP contribution is 2.34. The Morgan fingerprint density at radius 1 is 1.34 bits per heavy atom. The number of halogens is 4. The summed E-state index contributed by atoms with van der Waals surface area (Å²) in [7, 11) is 0. The summed E-state index contributed by atoms with van der Waals surface area (Å²) in [6, 6.07) is 3.99. The third kappa shape index (κ3) is 5.79. The van der Waals surface area contributed by atoms with E-state index in [1.54, 1.807) is 13.0 Å². The second-order valence-corrected chi connectivity index (χ2v) is 8.12. The number of hydrogen-bond acceptors (Lipinski definition) is 6. The molecular weight excluding hydrogens is 450 g/mol. The smallest absolute Gasteiger partial charge is 0.339 e. The van der Waals surface area contributed by atoms with Crippen molar-refractivity contribution in [3.8, 4) is 6.07 Å². The van der Waals surface area contributed by atoms with Gasteiger partial charge in [0.15, 0.2) is 0 Å². The molecule has 12 heteroatoms. The van der Waals surface area contributed by atoms with Crippen LogP contribution in [0, 0.1) is 24.2 Å². The highest BCUT2D eigenvalue weighted by Gasteiger charge is 2.32. The van der Waals surface area contributed by atoms with Crippen molar-refractivity contribution < 1.29 is 27.1 Å². The summed E-state index contributed by atoms with van der Waals surface area (Å²) in [5, 5.41) is 11.6. The first kappa shape index (κ1) is 24.0. The molecule has 0 aliphatic carbocycles. The highest BCUT2D eigenvalue weighted by molar-refractivity contribution is 7.97. The maximum Gasteiger partial charge on any atom is 0.524 e. The van der Waals surface area contributed by atoms with Gasteiger partial charge >= 0.3 is 6.36 Å². The zero-order valence-electron chi connectivity index (χ0n) is 17.3. The van der Waals surface area contributed by atoms with Gasteiger partial charge in [0, 0.05) is 28.9 Å². The van der Waals surface area contributed by atoms with E-state index in [1.165, 1.54) is 13.0 Å². The van der Waals surface area contributed by atoms with Gasteiger partial charge in [-0.1, -0.05) is 6.42 Å². The van der Waals surface area contributed by atoms with Gasteiger partial charge < -0.3 is 9.88 Å². The minimum atomic E-state index is -4.77. The highest BCUT2D eigenvalue weighted by atomic mass is 32.2. The fraction of sp³-hybridized carbons (Fsp3) is 0.450. The van der Waals surface area contributed by atoms with Gasteiger partial charge in [-0.15, -0.1) is 13.2 Å². The maximum atomic E-state index is 13.6. The van der Waals surface area contributed by atoms with E-state index in [4.69, 9.17) is 5.26 Å². The molecule has 2 aromatic heterocycles. The molecule has 2 N–H and O–H groups in total. The number of nitrogens with one attached hydrogen (secondary N) is 2. The van der Waals surface area contributed by atoms with Gasteiger partial charge in [-0.2, -0.15) is 9.65 Å². The number of alkyl halides is 3. The van der Waals surface area contributed by atoms with Crippen molar-refractivity contribution in [2.45, 2.75) is 63.6 Å². The van der Waals surface area contributed by atoms with Crippen LogP contribution in [0.25, 0.3) is 0 Å². The normalized spacial score (nSPS) is 14.9. The van der Waals surface area contributed by atoms with Crippen molar-refractivity contribution in [3.05, 3.63) is 40.7 Å². The van der Waals surface area contributed by atoms with Gasteiger partial charge in [0.2, 0.25) is 5.95 Å². The van der Waals surface area contributed by atoms with Crippen LogP contribution in [0.5, 0.6) is 0 Å². The standard InChI is InChI=1S/C20H21F4N5O2S/c1-11-17(19(30)27-13-8-14(10-25)26-16(21)9-13)29-7-5-3-4-6-15(29)18(11)32-28-12(2)31-20(22,23)24/h8-9,12,28H,3-7H2,1-2H3,(H,26,27,30). The van der Waals surface area contributed by atoms with Crippen LogP contribution in [0.1, 0.15) is 53.6 Å². The molecule has 1 unspecified atom stereocenters. The number of hydrogen-bond donors (Lipinski definition) is 2. The van der Waals surface area contributed by atoms with E-state index in [9.17, 15) is 22.4 Å². The Bertz CT molecular complexity index is 1050. The number of nitriles is 1. The zero-order chi connectivity index (χ0) is 23.5. The summed E-state index contributed by atoms with van der Waals surface area (Å²) >= 11 is 0.984. The van der Waals surface area contributed by atoms with Gasteiger partial charge in [0.05, 0.1) is 0 Å². The molecule has 3 rings (SSSR count). The summed E-state index contributed by atoms with van der Waals surface area (Å²) in [4.78, 5) is 17.2. The van der Waals surface area contributed by atoms with Gasteiger partial charge in [-0.25, -0.2) is 9.71 Å². The topological polar surface area (TPSA) is 92.0 Å². The van der Waals surface area contributed by atoms with E-state index >= 15 is 0 Å². The molecule has 0 saturated carbocycles. The van der Waals surface area contributed by atoms with Crippen LogP contribution in [0.2, 0.25) is 0 Å². The number of amides is 1. The lowest BCUT2D eigenvalue weighted by molar-refractivity contribution is -0.341. The van der Waals surface area contributed by atoms with Crippen molar-refractivity contribution in [1.29, 1.82) is 5.26 Å². The Morgan fingerprint density at radius 3 is 2.78 bits per heavy atom. The van der Waals surface area contributed by atoms with Crippen molar-refractivity contribution in [2.24, 2.45) is 0 Å². The zero-order valence-corrected chi connectivity index (χ0v) is 18.2. The molecule has 3 heterocycles. The van der Waals surface area contributed by atoms with E-state index in [0.29, 0.717) is 29.1 Å². The molecule has 2 aromatic rings. The number of carbonyl (C=O) groups is 1. The molecular formula is C20H21F4N5O2S. The summed E-state index contributed by atoms with van der Waals surface area (Å²) in [5.41, 5.74) is 1.69. The molecule has 1 atom stereocenters. The van der Waals surface area contributed by atoms with Gasteiger partial charge in [-0.05, 0) is 56.7 Å². The molecule has 1 aliphatic heterocycles. The lowest BCUT2D eigenvalue weighted by atomic mass is 10.1. The Labute approximate surface area is 186 Å². The Morgan fingerprint density at radius 2 is 2.09 bits per heavy atom. The first-order chi connectivity index (χ1) is 15.1. The lowest BCUT2D eigenvalue weighted by Crippen LogP contribution is -2.30. The molecule has 0 radical (unpaired) electrons. The Balaban J connectivity index is 1.90. The molecule has 1 amide bonds. The van der Waals surface area contributed by atoms with Crippen LogP contribution in [0.4, 0.5) is 23.2 Å². The van der Waals surface area contributed by atoms with Gasteiger partial charge in [0.25, 0.3) is 5.91 Å². The van der Waals surface area contributed by atoms with Crippen LogP contribution in [-0.2, 0) is 17.7 Å². The van der Waals surface area contributed by atoms with E-state index in [1.807, 2.05) is 4.57 Å². The van der Waals surface area contributed by atoms with Crippen LogP contribution in [-0.4, -0.2) is 28.0 Å². The molecule has 32 heavy (non-hydrogen) atoms. The fourth-order valence-electron chi connectivity index (χ4n) is 3.63. The third-order valence-electron chi connectivity index (χ3n) is 4.87. The van der Waals surface area contributed by atoms with E-state index in [0.717, 1.165) is 43.0 Å². The average molecular weight is 471 g/mol. The molecule has 0 fully saturated rings. The summed E-state index contributed by atoms with van der Waals surface area (Å²) in [6.45, 7) is 3.52. The number of nitrogens with zero attached hydrogens (tertiary/aromatic N) is 3. The van der Waals surface area contributed by atoms with E-state index in [-0.39, 0.29) is 11.4 Å². The first-order valence-electron chi connectivity index (χ1n) is 9.87. The predicted octanol–water partition coefficient (Wildman–Crippen LogP) is 4.66. The van der Waals surface area contributed by atoms with Crippen LogP contribution in [0.15, 0.2) is 17.0 Å². The van der Waals surface area contributed by atoms with Crippen LogP contribution < -0.4 is 10.0 Å². The minimum absolute atomic E-state index is 0.0853.